The molecule has 0 aliphatic rings. The second-order valence-electron chi connectivity index (χ2n) is 4.59. The Kier molecular flexibility index (Phi) is 4.87. The summed E-state index contributed by atoms with van der Waals surface area (Å²) >= 11 is 0. The van der Waals surface area contributed by atoms with Crippen molar-refractivity contribution in [2.75, 3.05) is 11.9 Å². The minimum atomic E-state index is -0.148. The van der Waals surface area contributed by atoms with Gasteiger partial charge in [-0.3, -0.25) is 0 Å². The van der Waals surface area contributed by atoms with Crippen LogP contribution in [0, 0.1) is 6.92 Å². The minimum absolute atomic E-state index is 0.148. The van der Waals surface area contributed by atoms with Gasteiger partial charge in [0.2, 0.25) is 0 Å². The lowest BCUT2D eigenvalue weighted by Crippen LogP contribution is -2.45. The molecule has 0 spiro atoms. The maximum absolute atomic E-state index is 6.25. The Hall–Kier alpha value is -1.16. The van der Waals surface area contributed by atoms with Gasteiger partial charge in [0.25, 0.3) is 0 Å². The molecule has 0 bridgehead atoms. The van der Waals surface area contributed by atoms with E-state index in [4.69, 9.17) is 5.73 Å². The van der Waals surface area contributed by atoms with E-state index in [1.807, 2.05) is 13.0 Å². The number of hydrogen-bond acceptors (Lipinski definition) is 4. The van der Waals surface area contributed by atoms with Gasteiger partial charge in [0.1, 0.15) is 11.6 Å². The fourth-order valence-corrected chi connectivity index (χ4v) is 1.65. The second kappa shape index (κ2) is 5.96. The molecular weight excluding hydrogens is 212 g/mol. The molecule has 1 aromatic rings. The molecule has 4 heteroatoms. The van der Waals surface area contributed by atoms with Crippen molar-refractivity contribution in [2.45, 2.75) is 52.5 Å². The van der Waals surface area contributed by atoms with Gasteiger partial charge in [0, 0.05) is 30.3 Å². The smallest absolute Gasteiger partial charge is 0.130 e. The maximum Gasteiger partial charge on any atom is 0.130 e. The van der Waals surface area contributed by atoms with Crippen molar-refractivity contribution in [1.29, 1.82) is 0 Å². The number of aromatic nitrogens is 2. The molecule has 0 unspecified atom stereocenters. The first-order chi connectivity index (χ1) is 8.03. The topological polar surface area (TPSA) is 63.8 Å². The molecule has 0 aromatic carbocycles. The highest BCUT2D eigenvalue weighted by Gasteiger charge is 2.19. The summed E-state index contributed by atoms with van der Waals surface area (Å²) in [7, 11) is 0. The first-order valence-electron chi connectivity index (χ1n) is 6.40. The molecule has 0 saturated heterocycles. The van der Waals surface area contributed by atoms with Crippen molar-refractivity contribution in [1.82, 2.24) is 9.97 Å². The van der Waals surface area contributed by atoms with Crippen LogP contribution in [-0.2, 0) is 6.42 Å². The highest BCUT2D eigenvalue weighted by Crippen LogP contribution is 2.13. The SMILES string of the molecule is CCc1nc(C)cc(NCC(N)(CC)CC)n1. The van der Waals surface area contributed by atoms with E-state index in [1.54, 1.807) is 0 Å². The molecule has 0 aliphatic heterocycles. The van der Waals surface area contributed by atoms with Crippen LogP contribution in [0.15, 0.2) is 6.07 Å². The summed E-state index contributed by atoms with van der Waals surface area (Å²) in [6, 6.07) is 1.96. The van der Waals surface area contributed by atoms with Gasteiger partial charge < -0.3 is 11.1 Å². The molecule has 0 amide bonds. The van der Waals surface area contributed by atoms with Crippen LogP contribution in [0.4, 0.5) is 5.82 Å². The van der Waals surface area contributed by atoms with Crippen LogP contribution in [0.2, 0.25) is 0 Å². The Bertz CT molecular complexity index is 358. The fourth-order valence-electron chi connectivity index (χ4n) is 1.65. The van der Waals surface area contributed by atoms with Crippen LogP contribution in [0.5, 0.6) is 0 Å². The summed E-state index contributed by atoms with van der Waals surface area (Å²) in [5, 5.41) is 3.33. The van der Waals surface area contributed by atoms with E-state index < -0.39 is 0 Å². The number of anilines is 1. The maximum atomic E-state index is 6.25. The van der Waals surface area contributed by atoms with Crippen molar-refractivity contribution < 1.29 is 0 Å². The van der Waals surface area contributed by atoms with E-state index in [-0.39, 0.29) is 5.54 Å². The number of rotatable bonds is 6. The van der Waals surface area contributed by atoms with Crippen LogP contribution in [0.1, 0.15) is 45.1 Å². The first-order valence-corrected chi connectivity index (χ1v) is 6.40. The second-order valence-corrected chi connectivity index (χ2v) is 4.59. The molecule has 0 saturated carbocycles. The Morgan fingerprint density at radius 3 is 2.41 bits per heavy atom. The monoisotopic (exact) mass is 236 g/mol. The zero-order valence-electron chi connectivity index (χ0n) is 11.4. The van der Waals surface area contributed by atoms with Gasteiger partial charge in [-0.2, -0.15) is 0 Å². The van der Waals surface area contributed by atoms with Crippen molar-refractivity contribution in [2.24, 2.45) is 5.73 Å². The lowest BCUT2D eigenvalue weighted by molar-refractivity contribution is 0.417. The number of nitrogens with zero attached hydrogens (tertiary/aromatic N) is 2. The van der Waals surface area contributed by atoms with E-state index in [0.717, 1.165) is 43.1 Å². The average Bonchev–Trinajstić information content (AvgIpc) is 2.35. The van der Waals surface area contributed by atoms with Gasteiger partial charge >= 0.3 is 0 Å². The molecule has 96 valence electrons. The number of nitrogens with two attached hydrogens (primary N) is 1. The molecule has 3 N–H and O–H groups in total. The quantitative estimate of drug-likeness (QED) is 0.795. The Balaban J connectivity index is 2.72. The molecule has 1 rings (SSSR count). The van der Waals surface area contributed by atoms with Crippen molar-refractivity contribution >= 4 is 5.82 Å². The standard InChI is InChI=1S/C13H24N4/c1-5-11-16-10(4)8-12(17-11)15-9-13(14,6-2)7-3/h8H,5-7,9,14H2,1-4H3,(H,15,16,17). The molecule has 0 fully saturated rings. The third-order valence-electron chi connectivity index (χ3n) is 3.25. The zero-order chi connectivity index (χ0) is 12.9. The highest BCUT2D eigenvalue weighted by atomic mass is 15.0. The lowest BCUT2D eigenvalue weighted by Gasteiger charge is -2.27. The normalized spacial score (nSPS) is 11.6. The van der Waals surface area contributed by atoms with Crippen LogP contribution in [0.25, 0.3) is 0 Å². The lowest BCUT2D eigenvalue weighted by atomic mass is 9.94. The van der Waals surface area contributed by atoms with Crippen molar-refractivity contribution in [3.8, 4) is 0 Å². The van der Waals surface area contributed by atoms with Gasteiger partial charge in [-0.15, -0.1) is 0 Å². The molecule has 0 aliphatic carbocycles. The van der Waals surface area contributed by atoms with E-state index in [9.17, 15) is 0 Å². The first kappa shape index (κ1) is 13.9. The summed E-state index contributed by atoms with van der Waals surface area (Å²) in [6.45, 7) is 9.03. The van der Waals surface area contributed by atoms with Gasteiger partial charge in [-0.1, -0.05) is 20.8 Å². The number of hydrogen-bond donors (Lipinski definition) is 2. The summed E-state index contributed by atoms with van der Waals surface area (Å²) < 4.78 is 0. The van der Waals surface area contributed by atoms with Gasteiger partial charge in [0.05, 0.1) is 0 Å². The minimum Gasteiger partial charge on any atom is -0.368 e. The third-order valence-corrected chi connectivity index (χ3v) is 3.25. The fraction of sp³-hybridized carbons (Fsp3) is 0.692. The molecular formula is C13H24N4. The van der Waals surface area contributed by atoms with Gasteiger partial charge in [-0.05, 0) is 19.8 Å². The van der Waals surface area contributed by atoms with Crippen LogP contribution >= 0.6 is 0 Å². The summed E-state index contributed by atoms with van der Waals surface area (Å²) in [5.41, 5.74) is 7.09. The summed E-state index contributed by atoms with van der Waals surface area (Å²) in [4.78, 5) is 8.80. The number of nitrogens with one attached hydrogen (secondary N) is 1. The Morgan fingerprint density at radius 2 is 1.88 bits per heavy atom. The molecule has 1 heterocycles. The van der Waals surface area contributed by atoms with E-state index in [2.05, 4.69) is 36.1 Å². The highest BCUT2D eigenvalue weighted by molar-refractivity contribution is 5.36. The van der Waals surface area contributed by atoms with E-state index >= 15 is 0 Å². The van der Waals surface area contributed by atoms with Gasteiger partial charge in [0.15, 0.2) is 0 Å². The molecule has 17 heavy (non-hydrogen) atoms. The Morgan fingerprint density at radius 1 is 1.24 bits per heavy atom. The van der Waals surface area contributed by atoms with Crippen molar-refractivity contribution in [3.05, 3.63) is 17.6 Å². The van der Waals surface area contributed by atoms with E-state index in [0.29, 0.717) is 0 Å². The van der Waals surface area contributed by atoms with Crippen LogP contribution in [0.3, 0.4) is 0 Å². The number of aryl methyl sites for hydroxylation is 2. The predicted molar refractivity (Wildman–Crippen MR) is 72.1 cm³/mol. The van der Waals surface area contributed by atoms with Crippen LogP contribution in [-0.4, -0.2) is 22.1 Å². The van der Waals surface area contributed by atoms with Crippen molar-refractivity contribution in [3.63, 3.8) is 0 Å². The van der Waals surface area contributed by atoms with Crippen LogP contribution < -0.4 is 11.1 Å². The third kappa shape index (κ3) is 3.97. The summed E-state index contributed by atoms with van der Waals surface area (Å²) in [6.07, 6.45) is 2.77. The summed E-state index contributed by atoms with van der Waals surface area (Å²) in [5.74, 6) is 1.76. The average molecular weight is 236 g/mol. The largest absolute Gasteiger partial charge is 0.368 e. The molecule has 0 radical (unpaired) electrons. The molecule has 4 nitrogen and oxygen atoms in total. The molecule has 1 aromatic heterocycles. The molecule has 0 atom stereocenters. The van der Waals surface area contributed by atoms with E-state index in [1.165, 1.54) is 0 Å². The Labute approximate surface area is 104 Å². The predicted octanol–water partition coefficient (Wildman–Crippen LogP) is 2.28. The zero-order valence-corrected chi connectivity index (χ0v) is 11.4. The van der Waals surface area contributed by atoms with Gasteiger partial charge in [-0.25, -0.2) is 9.97 Å².